The van der Waals surface area contributed by atoms with Crippen LogP contribution in [0.25, 0.3) is 0 Å². The molecule has 0 unspecified atom stereocenters. The minimum atomic E-state index is -4.41. The van der Waals surface area contributed by atoms with Crippen LogP contribution >= 0.6 is 0 Å². The summed E-state index contributed by atoms with van der Waals surface area (Å²) in [6.07, 6.45) is -4.41. The van der Waals surface area contributed by atoms with Gasteiger partial charge in [-0.2, -0.15) is 13.2 Å². The van der Waals surface area contributed by atoms with Crippen molar-refractivity contribution in [2.24, 2.45) is 0 Å². The normalized spacial score (nSPS) is 12.5. The number of hydrogen-bond acceptors (Lipinski definition) is 2. The molecule has 2 nitrogen and oxygen atoms in total. The van der Waals surface area contributed by atoms with Crippen molar-refractivity contribution in [3.05, 3.63) is 29.8 Å². The van der Waals surface area contributed by atoms with E-state index in [0.29, 0.717) is 6.61 Å². The molecule has 0 fully saturated rings. The summed E-state index contributed by atoms with van der Waals surface area (Å²) < 4.78 is 48.3. The number of hydrogen-bond donors (Lipinski definition) is 0. The predicted molar refractivity (Wildman–Crippen MR) is 71.0 cm³/mol. The Bertz CT molecular complexity index is 400. The molecule has 0 saturated heterocycles. The van der Waals surface area contributed by atoms with Gasteiger partial charge in [-0.25, -0.2) is 0 Å². The summed E-state index contributed by atoms with van der Waals surface area (Å²) in [5, 5.41) is 0. The van der Waals surface area contributed by atoms with Crippen molar-refractivity contribution in [3.63, 3.8) is 0 Å². The van der Waals surface area contributed by atoms with Crippen LogP contribution in [0.1, 0.15) is 5.56 Å². The van der Waals surface area contributed by atoms with E-state index in [0.717, 1.165) is 12.1 Å². The first-order valence-electron chi connectivity index (χ1n) is 6.07. The average molecular weight is 292 g/mol. The lowest BCUT2D eigenvalue weighted by Gasteiger charge is -2.16. The van der Waals surface area contributed by atoms with Gasteiger partial charge in [0.25, 0.3) is 0 Å². The average Bonchev–Trinajstić information content (AvgIpc) is 2.26. The van der Waals surface area contributed by atoms with Crippen molar-refractivity contribution in [1.82, 2.24) is 0 Å². The molecule has 0 aliphatic heterocycles. The van der Waals surface area contributed by atoms with Gasteiger partial charge in [-0.3, -0.25) is 0 Å². The number of halogens is 3. The minimum absolute atomic E-state index is 0.155. The molecule has 1 rings (SSSR count). The summed E-state index contributed by atoms with van der Waals surface area (Å²) in [6.45, 7) is 6.98. The lowest BCUT2D eigenvalue weighted by Crippen LogP contribution is -2.22. The number of ether oxygens (including phenoxy) is 2. The van der Waals surface area contributed by atoms with E-state index in [1.807, 2.05) is 0 Å². The van der Waals surface area contributed by atoms with Crippen LogP contribution in [-0.2, 0) is 10.9 Å². The third kappa shape index (κ3) is 6.11. The number of benzene rings is 1. The minimum Gasteiger partial charge on any atom is -0.467 e. The van der Waals surface area contributed by atoms with E-state index in [1.165, 1.54) is 18.2 Å². The van der Waals surface area contributed by atoms with E-state index in [4.69, 9.17) is 9.47 Å². The first kappa shape index (κ1) is 16.0. The monoisotopic (exact) mass is 292 g/mol. The summed E-state index contributed by atoms with van der Waals surface area (Å²) in [4.78, 5) is 0. The van der Waals surface area contributed by atoms with Crippen molar-refractivity contribution in [3.8, 4) is 5.75 Å². The van der Waals surface area contributed by atoms with Crippen LogP contribution in [0.2, 0.25) is 25.7 Å². The van der Waals surface area contributed by atoms with Crippen LogP contribution in [0.5, 0.6) is 5.75 Å². The van der Waals surface area contributed by atoms with Crippen LogP contribution in [-0.4, -0.2) is 21.5 Å². The van der Waals surface area contributed by atoms with Crippen LogP contribution in [0.15, 0.2) is 24.3 Å². The van der Waals surface area contributed by atoms with Crippen molar-refractivity contribution in [2.45, 2.75) is 31.9 Å². The molecular formula is C13H19F3O2Si. The number of rotatable bonds is 6. The topological polar surface area (TPSA) is 18.5 Å². The zero-order valence-corrected chi connectivity index (χ0v) is 12.4. The van der Waals surface area contributed by atoms with Crippen LogP contribution in [0, 0.1) is 0 Å². The molecule has 1 aromatic rings. The maximum Gasteiger partial charge on any atom is 0.419 e. The first-order chi connectivity index (χ1) is 8.70. The molecule has 0 saturated carbocycles. The second kappa shape index (κ2) is 6.43. The van der Waals surface area contributed by atoms with Crippen molar-refractivity contribution in [1.29, 1.82) is 0 Å². The van der Waals surface area contributed by atoms with Gasteiger partial charge in [0.1, 0.15) is 5.75 Å². The van der Waals surface area contributed by atoms with Crippen molar-refractivity contribution >= 4 is 8.07 Å². The zero-order valence-electron chi connectivity index (χ0n) is 11.4. The van der Waals surface area contributed by atoms with E-state index in [2.05, 4.69) is 19.6 Å². The molecule has 0 bridgehead atoms. The molecule has 0 N–H and O–H groups in total. The van der Waals surface area contributed by atoms with Crippen molar-refractivity contribution < 1.29 is 22.6 Å². The Kier molecular flexibility index (Phi) is 5.43. The lowest BCUT2D eigenvalue weighted by molar-refractivity contribution is -0.139. The SMILES string of the molecule is C[Si](C)(C)CCOCOc1ccccc1C(F)(F)F. The molecule has 6 heteroatoms. The largest absolute Gasteiger partial charge is 0.467 e. The van der Waals surface area contributed by atoms with E-state index < -0.39 is 19.8 Å². The van der Waals surface area contributed by atoms with Gasteiger partial charge in [0.15, 0.2) is 6.79 Å². The van der Waals surface area contributed by atoms with Gasteiger partial charge in [-0.05, 0) is 18.2 Å². The van der Waals surface area contributed by atoms with Crippen LogP contribution in [0.4, 0.5) is 13.2 Å². The van der Waals surface area contributed by atoms with Gasteiger partial charge in [0.05, 0.1) is 5.56 Å². The highest BCUT2D eigenvalue weighted by Crippen LogP contribution is 2.35. The molecule has 0 radical (unpaired) electrons. The third-order valence-electron chi connectivity index (χ3n) is 2.49. The maximum atomic E-state index is 12.7. The van der Waals surface area contributed by atoms with Crippen LogP contribution in [0.3, 0.4) is 0 Å². The van der Waals surface area contributed by atoms with E-state index in [1.54, 1.807) is 0 Å². The lowest BCUT2D eigenvalue weighted by atomic mass is 10.2. The molecule has 0 aliphatic carbocycles. The smallest absolute Gasteiger partial charge is 0.419 e. The molecular weight excluding hydrogens is 273 g/mol. The fraction of sp³-hybridized carbons (Fsp3) is 0.538. The quantitative estimate of drug-likeness (QED) is 0.439. The van der Waals surface area contributed by atoms with Gasteiger partial charge in [-0.1, -0.05) is 31.8 Å². The number of para-hydroxylation sites is 1. The van der Waals surface area contributed by atoms with Crippen LogP contribution < -0.4 is 4.74 Å². The van der Waals surface area contributed by atoms with Gasteiger partial charge in [-0.15, -0.1) is 0 Å². The van der Waals surface area contributed by atoms with Gasteiger partial charge in [0, 0.05) is 14.7 Å². The Labute approximate surface area is 112 Å². The van der Waals surface area contributed by atoms with E-state index >= 15 is 0 Å². The maximum absolute atomic E-state index is 12.7. The van der Waals surface area contributed by atoms with Crippen molar-refractivity contribution in [2.75, 3.05) is 13.4 Å². The summed E-state index contributed by atoms with van der Waals surface area (Å²) in [7, 11) is -1.19. The molecule has 19 heavy (non-hydrogen) atoms. The van der Waals surface area contributed by atoms with Gasteiger partial charge >= 0.3 is 6.18 Å². The Morgan fingerprint density at radius 2 is 1.74 bits per heavy atom. The standard InChI is InChI=1S/C13H19F3O2Si/c1-19(2,3)9-8-17-10-18-12-7-5-4-6-11(12)13(14,15)16/h4-7H,8-10H2,1-3H3. The molecule has 1 aromatic carbocycles. The second-order valence-corrected chi connectivity index (χ2v) is 11.1. The predicted octanol–water partition coefficient (Wildman–Crippen LogP) is 4.40. The molecule has 0 heterocycles. The molecule has 108 valence electrons. The summed E-state index contributed by atoms with van der Waals surface area (Å²) in [5.74, 6) is -0.192. The highest BCUT2D eigenvalue weighted by atomic mass is 28.3. The second-order valence-electron chi connectivity index (χ2n) is 5.48. The van der Waals surface area contributed by atoms with E-state index in [-0.39, 0.29) is 12.5 Å². The highest BCUT2D eigenvalue weighted by Gasteiger charge is 2.33. The molecule has 0 aliphatic rings. The fourth-order valence-corrected chi connectivity index (χ4v) is 2.13. The fourth-order valence-electron chi connectivity index (χ4n) is 1.37. The molecule has 0 amide bonds. The Morgan fingerprint density at radius 3 is 2.32 bits per heavy atom. The Balaban J connectivity index is 2.46. The summed E-state index contributed by atoms with van der Waals surface area (Å²) >= 11 is 0. The molecule has 0 spiro atoms. The number of alkyl halides is 3. The Hall–Kier alpha value is -1.01. The third-order valence-corrected chi connectivity index (χ3v) is 4.19. The zero-order chi connectivity index (χ0) is 14.5. The molecule has 0 aromatic heterocycles. The van der Waals surface area contributed by atoms with Gasteiger partial charge in [0.2, 0.25) is 0 Å². The summed E-state index contributed by atoms with van der Waals surface area (Å²) in [6, 6.07) is 6.09. The summed E-state index contributed by atoms with van der Waals surface area (Å²) in [5.41, 5.74) is -0.774. The highest BCUT2D eigenvalue weighted by molar-refractivity contribution is 6.76. The van der Waals surface area contributed by atoms with E-state index in [9.17, 15) is 13.2 Å². The Morgan fingerprint density at radius 1 is 1.11 bits per heavy atom. The van der Waals surface area contributed by atoms with Gasteiger partial charge < -0.3 is 9.47 Å². The molecule has 0 atom stereocenters. The first-order valence-corrected chi connectivity index (χ1v) is 9.78.